The van der Waals surface area contributed by atoms with E-state index < -0.39 is 0 Å². The normalized spacial score (nSPS) is 10.9. The standard InChI is InChI=1S/C21H20N6O2/c28-20(24-16-10-8-15(9-11-16)12-27-14-22-13-23-27)7-3-6-19-25-18-5-2-1-4-17(18)21(29)26-19/h1-2,4-5,8-11,13-14H,3,6-7,12H2,(H,24,28)(H,25,26,29). The topological polar surface area (TPSA) is 106 Å². The number of aromatic nitrogens is 5. The first kappa shape index (κ1) is 18.5. The van der Waals surface area contributed by atoms with Gasteiger partial charge in [0, 0.05) is 18.5 Å². The number of hydrogen-bond donors (Lipinski definition) is 2. The number of amides is 1. The summed E-state index contributed by atoms with van der Waals surface area (Å²) in [7, 11) is 0. The first-order valence-electron chi connectivity index (χ1n) is 9.36. The van der Waals surface area contributed by atoms with E-state index >= 15 is 0 Å². The van der Waals surface area contributed by atoms with Crippen LogP contribution >= 0.6 is 0 Å². The van der Waals surface area contributed by atoms with E-state index in [1.807, 2.05) is 42.5 Å². The first-order chi connectivity index (χ1) is 14.2. The van der Waals surface area contributed by atoms with E-state index in [1.54, 1.807) is 17.1 Å². The molecule has 0 unspecified atom stereocenters. The van der Waals surface area contributed by atoms with Gasteiger partial charge in [0.1, 0.15) is 18.5 Å². The van der Waals surface area contributed by atoms with Crippen molar-refractivity contribution in [3.63, 3.8) is 0 Å². The highest BCUT2D eigenvalue weighted by atomic mass is 16.1. The van der Waals surface area contributed by atoms with E-state index in [-0.39, 0.29) is 11.5 Å². The Bertz CT molecular complexity index is 1170. The Morgan fingerprint density at radius 2 is 1.93 bits per heavy atom. The molecule has 0 fully saturated rings. The van der Waals surface area contributed by atoms with Crippen molar-refractivity contribution < 1.29 is 4.79 Å². The molecule has 4 rings (SSSR count). The zero-order chi connectivity index (χ0) is 20.1. The van der Waals surface area contributed by atoms with Crippen LogP contribution in [0.3, 0.4) is 0 Å². The minimum atomic E-state index is -0.152. The van der Waals surface area contributed by atoms with Crippen molar-refractivity contribution in [3.05, 3.63) is 82.9 Å². The van der Waals surface area contributed by atoms with Crippen LogP contribution < -0.4 is 10.9 Å². The second-order valence-corrected chi connectivity index (χ2v) is 6.72. The van der Waals surface area contributed by atoms with Gasteiger partial charge < -0.3 is 10.3 Å². The molecule has 2 heterocycles. The van der Waals surface area contributed by atoms with Crippen LogP contribution in [0, 0.1) is 0 Å². The number of carbonyl (C=O) groups excluding carboxylic acids is 1. The maximum Gasteiger partial charge on any atom is 0.258 e. The molecule has 2 aromatic heterocycles. The zero-order valence-corrected chi connectivity index (χ0v) is 15.7. The van der Waals surface area contributed by atoms with E-state index in [0.29, 0.717) is 42.5 Å². The number of nitrogens with zero attached hydrogens (tertiary/aromatic N) is 4. The molecule has 1 amide bonds. The molecule has 8 heteroatoms. The zero-order valence-electron chi connectivity index (χ0n) is 15.7. The Kier molecular flexibility index (Phi) is 5.42. The van der Waals surface area contributed by atoms with Crippen LogP contribution in [0.15, 0.2) is 66.0 Å². The fourth-order valence-corrected chi connectivity index (χ4v) is 3.09. The Labute approximate surface area is 166 Å². The molecular formula is C21H20N6O2. The van der Waals surface area contributed by atoms with Gasteiger partial charge in [-0.1, -0.05) is 24.3 Å². The number of nitrogens with one attached hydrogen (secondary N) is 2. The molecule has 0 aliphatic carbocycles. The summed E-state index contributed by atoms with van der Waals surface area (Å²) >= 11 is 0. The molecule has 146 valence electrons. The fourth-order valence-electron chi connectivity index (χ4n) is 3.09. The summed E-state index contributed by atoms with van der Waals surface area (Å²) in [6, 6.07) is 14.8. The van der Waals surface area contributed by atoms with Gasteiger partial charge in [-0.15, -0.1) is 0 Å². The third-order valence-electron chi connectivity index (χ3n) is 4.53. The van der Waals surface area contributed by atoms with Crippen LogP contribution in [0.1, 0.15) is 24.2 Å². The van der Waals surface area contributed by atoms with Gasteiger partial charge in [-0.25, -0.2) is 14.6 Å². The molecule has 2 aromatic carbocycles. The highest BCUT2D eigenvalue weighted by molar-refractivity contribution is 5.90. The number of para-hydroxylation sites is 1. The minimum absolute atomic E-state index is 0.0721. The average molecular weight is 388 g/mol. The Morgan fingerprint density at radius 1 is 1.10 bits per heavy atom. The molecule has 29 heavy (non-hydrogen) atoms. The molecule has 4 aromatic rings. The van der Waals surface area contributed by atoms with Gasteiger partial charge in [0.05, 0.1) is 17.4 Å². The van der Waals surface area contributed by atoms with Gasteiger partial charge in [-0.2, -0.15) is 5.10 Å². The number of anilines is 1. The molecule has 0 saturated heterocycles. The van der Waals surface area contributed by atoms with Crippen molar-refractivity contribution in [2.45, 2.75) is 25.8 Å². The SMILES string of the molecule is O=C(CCCc1nc2ccccc2c(=O)[nH]1)Nc1ccc(Cn2cncn2)cc1. The highest BCUT2D eigenvalue weighted by Crippen LogP contribution is 2.12. The summed E-state index contributed by atoms with van der Waals surface area (Å²) in [6.07, 6.45) is 4.63. The van der Waals surface area contributed by atoms with Crippen molar-refractivity contribution in [1.29, 1.82) is 0 Å². The Balaban J connectivity index is 1.28. The molecule has 0 radical (unpaired) electrons. The second kappa shape index (κ2) is 8.47. The van der Waals surface area contributed by atoms with Crippen LogP contribution in [0.4, 0.5) is 5.69 Å². The van der Waals surface area contributed by atoms with E-state index in [0.717, 1.165) is 11.3 Å². The smallest absolute Gasteiger partial charge is 0.258 e. The summed E-state index contributed by atoms with van der Waals surface area (Å²) < 4.78 is 1.73. The third-order valence-corrected chi connectivity index (χ3v) is 4.53. The van der Waals surface area contributed by atoms with Crippen LogP contribution in [-0.4, -0.2) is 30.6 Å². The largest absolute Gasteiger partial charge is 0.326 e. The Morgan fingerprint density at radius 3 is 2.72 bits per heavy atom. The number of hydrogen-bond acceptors (Lipinski definition) is 5. The van der Waals surface area contributed by atoms with Crippen LogP contribution in [0.5, 0.6) is 0 Å². The lowest BCUT2D eigenvalue weighted by molar-refractivity contribution is -0.116. The van der Waals surface area contributed by atoms with Crippen molar-refractivity contribution in [2.24, 2.45) is 0 Å². The van der Waals surface area contributed by atoms with Gasteiger partial charge in [-0.05, 0) is 36.2 Å². The number of carbonyl (C=O) groups is 1. The van der Waals surface area contributed by atoms with Crippen LogP contribution in [0.25, 0.3) is 10.9 Å². The molecule has 0 bridgehead atoms. The number of fused-ring (bicyclic) bond motifs is 1. The summed E-state index contributed by atoms with van der Waals surface area (Å²) in [4.78, 5) is 35.4. The fraction of sp³-hybridized carbons (Fsp3) is 0.190. The summed E-state index contributed by atoms with van der Waals surface area (Å²) in [5.74, 6) is 0.524. The lowest BCUT2D eigenvalue weighted by atomic mass is 10.2. The number of aromatic amines is 1. The third kappa shape index (κ3) is 4.73. The Hall–Kier alpha value is -3.81. The molecular weight excluding hydrogens is 368 g/mol. The lowest BCUT2D eigenvalue weighted by Gasteiger charge is -2.07. The molecule has 0 aliphatic rings. The number of benzene rings is 2. The van der Waals surface area contributed by atoms with E-state index in [2.05, 4.69) is 25.4 Å². The lowest BCUT2D eigenvalue weighted by Crippen LogP contribution is -2.14. The summed E-state index contributed by atoms with van der Waals surface area (Å²) in [5.41, 5.74) is 2.33. The van der Waals surface area contributed by atoms with Crippen molar-refractivity contribution in [3.8, 4) is 0 Å². The molecule has 0 saturated carbocycles. The number of rotatable bonds is 7. The van der Waals surface area contributed by atoms with Crippen molar-refractivity contribution >= 4 is 22.5 Å². The van der Waals surface area contributed by atoms with Crippen LogP contribution in [-0.2, 0) is 17.8 Å². The quantitative estimate of drug-likeness (QED) is 0.506. The van der Waals surface area contributed by atoms with E-state index in [4.69, 9.17) is 0 Å². The predicted octanol–water partition coefficient (Wildman–Crippen LogP) is 2.52. The number of aryl methyl sites for hydroxylation is 1. The van der Waals surface area contributed by atoms with Gasteiger partial charge >= 0.3 is 0 Å². The van der Waals surface area contributed by atoms with Crippen molar-refractivity contribution in [1.82, 2.24) is 24.7 Å². The molecule has 0 atom stereocenters. The van der Waals surface area contributed by atoms with E-state index in [9.17, 15) is 9.59 Å². The van der Waals surface area contributed by atoms with Gasteiger partial charge in [0.15, 0.2) is 0 Å². The second-order valence-electron chi connectivity index (χ2n) is 6.72. The van der Waals surface area contributed by atoms with Gasteiger partial charge in [0.2, 0.25) is 5.91 Å². The average Bonchev–Trinajstić information content (AvgIpc) is 3.23. The van der Waals surface area contributed by atoms with E-state index in [1.165, 1.54) is 6.33 Å². The molecule has 2 N–H and O–H groups in total. The molecule has 0 aliphatic heterocycles. The monoisotopic (exact) mass is 388 g/mol. The van der Waals surface area contributed by atoms with Gasteiger partial charge in [0.25, 0.3) is 5.56 Å². The van der Waals surface area contributed by atoms with Crippen LogP contribution in [0.2, 0.25) is 0 Å². The number of H-pyrrole nitrogens is 1. The molecule has 0 spiro atoms. The maximum absolute atomic E-state index is 12.2. The summed E-state index contributed by atoms with van der Waals surface area (Å²) in [6.45, 7) is 0.630. The maximum atomic E-state index is 12.2. The highest BCUT2D eigenvalue weighted by Gasteiger charge is 2.06. The minimum Gasteiger partial charge on any atom is -0.326 e. The first-order valence-corrected chi connectivity index (χ1v) is 9.36. The molecule has 8 nitrogen and oxygen atoms in total. The predicted molar refractivity (Wildman–Crippen MR) is 109 cm³/mol. The van der Waals surface area contributed by atoms with Gasteiger partial charge in [-0.3, -0.25) is 9.59 Å². The summed E-state index contributed by atoms with van der Waals surface area (Å²) in [5, 5.41) is 7.53. The van der Waals surface area contributed by atoms with Crippen molar-refractivity contribution in [2.75, 3.05) is 5.32 Å².